The maximum Gasteiger partial charge on any atom is 0.276 e. The van der Waals surface area contributed by atoms with Gasteiger partial charge in [-0.05, 0) is 0 Å². The zero-order chi connectivity index (χ0) is 26.5. The van der Waals surface area contributed by atoms with Gasteiger partial charge in [0.15, 0.2) is 10.8 Å². The van der Waals surface area contributed by atoms with Crippen molar-refractivity contribution in [2.75, 3.05) is 44.8 Å². The molecule has 1 aromatic rings. The van der Waals surface area contributed by atoms with E-state index in [1.54, 1.807) is 5.38 Å². The van der Waals surface area contributed by atoms with Gasteiger partial charge in [0.1, 0.15) is 30.8 Å². The molecule has 0 aromatic carbocycles. The maximum atomic E-state index is 13.1. The molecule has 4 saturated heterocycles. The minimum atomic E-state index is -1.42. The normalized spacial score (nSPS) is 31.0. The summed E-state index contributed by atoms with van der Waals surface area (Å²) >= 11 is 2.51. The van der Waals surface area contributed by atoms with Crippen LogP contribution in [0.4, 0.5) is 5.13 Å². The number of oxime groups is 1. The Balaban J connectivity index is 1.32. The van der Waals surface area contributed by atoms with E-state index in [9.17, 15) is 24.3 Å². The van der Waals surface area contributed by atoms with E-state index >= 15 is 0 Å². The molecule has 13 nitrogen and oxygen atoms in total. The lowest BCUT2D eigenvalue weighted by Crippen LogP contribution is -2.72. The molecule has 15 heteroatoms. The smallest absolute Gasteiger partial charge is 0.276 e. The Morgan fingerprint density at radius 2 is 2.00 bits per heavy atom. The summed E-state index contributed by atoms with van der Waals surface area (Å²) in [6.07, 6.45) is 2.04. The van der Waals surface area contributed by atoms with E-state index in [2.05, 4.69) is 15.5 Å². The third-order valence-electron chi connectivity index (χ3n) is 7.93. The molecule has 2 bridgehead atoms. The quantitative estimate of drug-likeness (QED) is 0.142. The van der Waals surface area contributed by atoms with Crippen LogP contribution >= 0.6 is 23.1 Å². The molecule has 1 unspecified atom stereocenters. The molecule has 6 rings (SSSR count). The van der Waals surface area contributed by atoms with E-state index in [0.717, 1.165) is 31.0 Å². The van der Waals surface area contributed by atoms with Gasteiger partial charge in [-0.25, -0.2) is 4.98 Å². The van der Waals surface area contributed by atoms with E-state index in [0.29, 0.717) is 41.6 Å². The number of thiazole rings is 1. The predicted octanol–water partition coefficient (Wildman–Crippen LogP) is -2.03. The zero-order valence-electron chi connectivity index (χ0n) is 20.1. The number of nitrogen functional groups attached to an aromatic ring is 1. The number of carboxylic acid groups (broad SMARTS) is 1. The van der Waals surface area contributed by atoms with Gasteiger partial charge in [-0.3, -0.25) is 19.3 Å². The highest BCUT2D eigenvalue weighted by molar-refractivity contribution is 8.00. The van der Waals surface area contributed by atoms with Crippen molar-refractivity contribution in [2.45, 2.75) is 30.7 Å². The number of quaternary nitrogens is 1. The molecule has 1 aromatic heterocycles. The number of amides is 3. The van der Waals surface area contributed by atoms with Crippen molar-refractivity contribution in [1.82, 2.24) is 15.2 Å². The van der Waals surface area contributed by atoms with Crippen molar-refractivity contribution < 1.29 is 33.6 Å². The number of nitrogens with one attached hydrogen (secondary N) is 1. The third-order valence-corrected chi connectivity index (χ3v) is 9.95. The molecule has 0 saturated carbocycles. The first-order valence-electron chi connectivity index (χ1n) is 11.8. The van der Waals surface area contributed by atoms with E-state index < -0.39 is 34.6 Å². The number of primary amides is 1. The lowest BCUT2D eigenvalue weighted by Gasteiger charge is -2.55. The average molecular weight is 550 g/mol. The summed E-state index contributed by atoms with van der Waals surface area (Å²) in [6.45, 7) is 2.66. The number of nitrogens with zero attached hydrogens (tertiary/aromatic N) is 4. The number of carbonyl (C=O) groups is 4. The minimum Gasteiger partial charge on any atom is -0.543 e. The molecule has 0 spiro atoms. The Morgan fingerprint density at radius 3 is 2.54 bits per heavy atom. The first-order valence-corrected chi connectivity index (χ1v) is 13.7. The van der Waals surface area contributed by atoms with Crippen molar-refractivity contribution in [3.63, 3.8) is 0 Å². The largest absolute Gasteiger partial charge is 0.543 e. The van der Waals surface area contributed by atoms with Gasteiger partial charge in [-0.1, -0.05) is 5.16 Å². The van der Waals surface area contributed by atoms with Crippen LogP contribution < -0.4 is 21.9 Å². The molecular weight excluding hydrogens is 522 g/mol. The van der Waals surface area contributed by atoms with Crippen LogP contribution in [0.25, 0.3) is 0 Å². The molecule has 6 heterocycles. The Bertz CT molecular complexity index is 1220. The summed E-state index contributed by atoms with van der Waals surface area (Å²) in [6, 6.07) is -0.945. The number of carboxylic acids is 1. The summed E-state index contributed by atoms with van der Waals surface area (Å²) in [5.41, 5.74) is 11.4. The number of fused-ring (bicyclic) bond motifs is 4. The minimum absolute atomic E-state index is 0.123. The van der Waals surface area contributed by atoms with Crippen LogP contribution in [0.1, 0.15) is 25.0 Å². The van der Waals surface area contributed by atoms with Crippen LogP contribution in [0.2, 0.25) is 0 Å². The number of aromatic nitrogens is 1. The Labute approximate surface area is 220 Å². The highest BCUT2D eigenvalue weighted by Gasteiger charge is 2.56. The molecule has 3 amide bonds. The molecule has 5 aliphatic heterocycles. The molecule has 2 atom stereocenters. The Hall–Kier alpha value is -3.17. The molecule has 198 valence electrons. The summed E-state index contributed by atoms with van der Waals surface area (Å²) in [5, 5.41) is 19.8. The van der Waals surface area contributed by atoms with Gasteiger partial charge in [0.2, 0.25) is 5.91 Å². The van der Waals surface area contributed by atoms with Crippen molar-refractivity contribution in [1.29, 1.82) is 0 Å². The fraction of sp³-hybridized carbons (Fsp3) is 0.545. The van der Waals surface area contributed by atoms with Crippen LogP contribution in [0.3, 0.4) is 0 Å². The average Bonchev–Trinajstić information content (AvgIpc) is 3.31. The highest BCUT2D eigenvalue weighted by Crippen LogP contribution is 2.46. The number of piperidine rings is 3. The number of carbonyl (C=O) groups excluding carboxylic acids is 4. The first kappa shape index (κ1) is 25.5. The second-order valence-electron chi connectivity index (χ2n) is 9.86. The van der Waals surface area contributed by atoms with Crippen LogP contribution in [0, 0.1) is 5.41 Å². The van der Waals surface area contributed by atoms with Crippen molar-refractivity contribution in [3.8, 4) is 0 Å². The summed E-state index contributed by atoms with van der Waals surface area (Å²) in [4.78, 5) is 60.2. The second kappa shape index (κ2) is 9.29. The van der Waals surface area contributed by atoms with Crippen molar-refractivity contribution in [2.24, 2.45) is 16.3 Å². The zero-order valence-corrected chi connectivity index (χ0v) is 21.7. The monoisotopic (exact) mass is 549 g/mol. The number of nitrogens with two attached hydrogens (primary N) is 2. The van der Waals surface area contributed by atoms with Gasteiger partial charge < -0.3 is 36.0 Å². The van der Waals surface area contributed by atoms with Crippen molar-refractivity contribution >= 4 is 57.6 Å². The SMILES string of the molecule is CO/N=C(\C(=O)N[C@@H]1C(=O)N2C(C(=O)[O-])=C(C[N+]34CCC(C(N)=O)(CC3)CC4)CSC12)c1csc(N)n1. The Kier molecular flexibility index (Phi) is 6.40. The molecule has 0 aliphatic carbocycles. The maximum absolute atomic E-state index is 13.1. The van der Waals surface area contributed by atoms with Gasteiger partial charge in [-0.2, -0.15) is 0 Å². The molecule has 5 aliphatic rings. The van der Waals surface area contributed by atoms with Gasteiger partial charge in [0.25, 0.3) is 11.8 Å². The van der Waals surface area contributed by atoms with Gasteiger partial charge in [0, 0.05) is 36.0 Å². The number of aliphatic carboxylic acids is 1. The van der Waals surface area contributed by atoms with Crippen LogP contribution in [0.15, 0.2) is 21.8 Å². The fourth-order valence-corrected chi connectivity index (χ4v) is 7.65. The first-order chi connectivity index (χ1) is 17.6. The second-order valence-corrected chi connectivity index (χ2v) is 11.9. The number of β-lactam (4-membered cyclic amide) rings is 1. The Morgan fingerprint density at radius 1 is 1.32 bits per heavy atom. The fourth-order valence-electron chi connectivity index (χ4n) is 5.77. The summed E-state index contributed by atoms with van der Waals surface area (Å²) in [5.74, 6) is -2.52. The van der Waals surface area contributed by atoms with E-state index in [4.69, 9.17) is 16.3 Å². The van der Waals surface area contributed by atoms with Gasteiger partial charge in [0.05, 0.1) is 36.7 Å². The summed E-state index contributed by atoms with van der Waals surface area (Å²) in [7, 11) is 1.28. The van der Waals surface area contributed by atoms with Crippen LogP contribution in [-0.4, -0.2) is 94.2 Å². The summed E-state index contributed by atoms with van der Waals surface area (Å²) < 4.78 is 0.669. The topological polar surface area (TPSA) is 193 Å². The molecule has 5 N–H and O–H groups in total. The number of rotatable bonds is 8. The predicted molar refractivity (Wildman–Crippen MR) is 132 cm³/mol. The number of hydrogen-bond donors (Lipinski definition) is 3. The number of anilines is 1. The molecule has 4 fully saturated rings. The molecule has 0 radical (unpaired) electrons. The van der Waals surface area contributed by atoms with Gasteiger partial charge >= 0.3 is 0 Å². The lowest BCUT2D eigenvalue weighted by atomic mass is 9.70. The third kappa shape index (κ3) is 4.24. The van der Waals surface area contributed by atoms with E-state index in [1.807, 2.05) is 0 Å². The number of hydrogen-bond acceptors (Lipinski definition) is 11. The lowest BCUT2D eigenvalue weighted by molar-refractivity contribution is -0.940. The van der Waals surface area contributed by atoms with Crippen molar-refractivity contribution in [3.05, 3.63) is 22.3 Å². The van der Waals surface area contributed by atoms with Gasteiger partial charge in [-0.15, -0.1) is 23.1 Å². The standard InChI is InChI=1S/C22H27N7O6S2/c1-35-27-13(12-10-37-21(24)25-12)16(30)26-14-17(31)28-15(19(32)33)11(9-36-18(14)28)8-29-5-2-22(3-6-29,4-7-29)20(23)34/h10,14,18H,2-9H2,1H3,(H5-,23,24,25,26,30,32,33,34)/b27-13-/t14-,18?,22?,29?/m1/s1. The van der Waals surface area contributed by atoms with E-state index in [-0.39, 0.29) is 28.1 Å². The molecule has 37 heavy (non-hydrogen) atoms. The van der Waals surface area contributed by atoms with Crippen LogP contribution in [-0.2, 0) is 24.0 Å². The van der Waals surface area contributed by atoms with E-state index in [1.165, 1.54) is 23.8 Å². The highest BCUT2D eigenvalue weighted by atomic mass is 32.2. The number of thioether (sulfide) groups is 1. The molecular formula is C22H27N7O6S2. The van der Waals surface area contributed by atoms with Crippen LogP contribution in [0.5, 0.6) is 0 Å².